The molecule has 0 aliphatic rings. The molecule has 1 aromatic heterocycles. The predicted octanol–water partition coefficient (Wildman–Crippen LogP) is 3.61. The van der Waals surface area contributed by atoms with Gasteiger partial charge in [0.1, 0.15) is 5.82 Å². The van der Waals surface area contributed by atoms with Crippen molar-refractivity contribution in [3.05, 3.63) is 39.9 Å². The molecule has 1 heterocycles. The molecular weight excluding hydrogens is 349 g/mol. The van der Waals surface area contributed by atoms with Crippen LogP contribution in [0, 0.1) is 3.57 Å². The van der Waals surface area contributed by atoms with Gasteiger partial charge in [0.05, 0.1) is 11.9 Å². The largest absolute Gasteiger partial charge is 0.342 e. The van der Waals surface area contributed by atoms with E-state index in [-0.39, 0.29) is 0 Å². The van der Waals surface area contributed by atoms with Gasteiger partial charge in [-0.05, 0) is 53.3 Å². The third-order valence-corrected chi connectivity index (χ3v) is 3.65. The quantitative estimate of drug-likeness (QED) is 0.603. The molecule has 102 valence electrons. The van der Waals surface area contributed by atoms with Crippen LogP contribution >= 0.6 is 22.6 Å². The van der Waals surface area contributed by atoms with E-state index in [2.05, 4.69) is 76.0 Å². The Balaban J connectivity index is 1.90. The molecule has 2 N–H and O–H groups in total. The number of nitrogens with zero attached hydrogens (tertiary/aromatic N) is 1. The van der Waals surface area contributed by atoms with Crippen LogP contribution in [0.15, 0.2) is 30.5 Å². The highest BCUT2D eigenvalue weighted by atomic mass is 127. The first-order valence-electron chi connectivity index (χ1n) is 6.68. The van der Waals surface area contributed by atoms with E-state index in [0.717, 1.165) is 30.9 Å². The lowest BCUT2D eigenvalue weighted by molar-refractivity contribution is 0.567. The molecule has 3 nitrogen and oxygen atoms in total. The van der Waals surface area contributed by atoms with Crippen molar-refractivity contribution < 1.29 is 0 Å². The fourth-order valence-corrected chi connectivity index (χ4v) is 2.27. The molecule has 0 aliphatic carbocycles. The van der Waals surface area contributed by atoms with E-state index in [9.17, 15) is 0 Å². The topological polar surface area (TPSA) is 40.7 Å². The van der Waals surface area contributed by atoms with Crippen molar-refractivity contribution in [2.24, 2.45) is 0 Å². The maximum atomic E-state index is 4.45. The Labute approximate surface area is 128 Å². The van der Waals surface area contributed by atoms with Crippen LogP contribution in [0.5, 0.6) is 0 Å². The highest BCUT2D eigenvalue weighted by Crippen LogP contribution is 2.18. The molecule has 0 radical (unpaired) electrons. The van der Waals surface area contributed by atoms with E-state index < -0.39 is 0 Å². The number of benzene rings is 1. The third-order valence-electron chi connectivity index (χ3n) is 2.93. The summed E-state index contributed by atoms with van der Waals surface area (Å²) in [5.41, 5.74) is 2.29. The highest BCUT2D eigenvalue weighted by Gasteiger charge is 2.03. The minimum absolute atomic E-state index is 0.555. The first-order chi connectivity index (χ1) is 9.15. The van der Waals surface area contributed by atoms with Crippen LogP contribution in [-0.2, 0) is 6.42 Å². The molecule has 0 atom stereocenters. The Morgan fingerprint density at radius 2 is 2.00 bits per heavy atom. The fourth-order valence-electron chi connectivity index (χ4n) is 1.91. The Hall–Kier alpha value is -0.880. The predicted molar refractivity (Wildman–Crippen MR) is 88.2 cm³/mol. The molecular formula is C15H20IN3. The lowest BCUT2D eigenvalue weighted by Gasteiger charge is -2.06. The lowest BCUT2D eigenvalue weighted by atomic mass is 10.2. The fraction of sp³-hybridized carbons (Fsp3) is 0.400. The number of aryl methyl sites for hydroxylation is 1. The van der Waals surface area contributed by atoms with Crippen molar-refractivity contribution in [1.82, 2.24) is 15.3 Å². The first kappa shape index (κ1) is 14.5. The molecule has 4 heteroatoms. The summed E-state index contributed by atoms with van der Waals surface area (Å²) in [6.07, 6.45) is 4.02. The molecule has 0 unspecified atom stereocenters. The number of H-pyrrole nitrogens is 1. The number of nitrogens with one attached hydrogen (secondary N) is 2. The van der Waals surface area contributed by atoms with Crippen LogP contribution in [0.4, 0.5) is 0 Å². The van der Waals surface area contributed by atoms with Gasteiger partial charge in [0.15, 0.2) is 0 Å². The summed E-state index contributed by atoms with van der Waals surface area (Å²) in [5, 5.41) is 3.42. The summed E-state index contributed by atoms with van der Waals surface area (Å²) >= 11 is 2.32. The van der Waals surface area contributed by atoms with Crippen molar-refractivity contribution >= 4 is 22.6 Å². The number of hydrogen-bond acceptors (Lipinski definition) is 2. The Morgan fingerprint density at radius 3 is 2.68 bits per heavy atom. The van der Waals surface area contributed by atoms with Gasteiger partial charge >= 0.3 is 0 Å². The average Bonchev–Trinajstić information content (AvgIpc) is 2.84. The van der Waals surface area contributed by atoms with Gasteiger partial charge in [0.2, 0.25) is 0 Å². The first-order valence-corrected chi connectivity index (χ1v) is 7.76. The Kier molecular flexibility index (Phi) is 5.39. The zero-order valence-corrected chi connectivity index (χ0v) is 13.6. The molecule has 0 saturated heterocycles. The van der Waals surface area contributed by atoms with Crippen LogP contribution < -0.4 is 5.32 Å². The molecule has 19 heavy (non-hydrogen) atoms. The van der Waals surface area contributed by atoms with Crippen molar-refractivity contribution in [3.8, 4) is 11.3 Å². The van der Waals surface area contributed by atoms with Crippen LogP contribution in [0.25, 0.3) is 11.3 Å². The second-order valence-electron chi connectivity index (χ2n) is 4.96. The van der Waals surface area contributed by atoms with Crippen LogP contribution in [0.2, 0.25) is 0 Å². The van der Waals surface area contributed by atoms with Crippen molar-refractivity contribution in [2.75, 3.05) is 6.54 Å². The number of halogens is 1. The van der Waals surface area contributed by atoms with Gasteiger partial charge in [0, 0.05) is 16.0 Å². The molecule has 0 aliphatic heterocycles. The standard InChI is InChI=1S/C15H20IN3/c1-11(2)17-9-3-4-15-18-10-14(19-15)12-5-7-13(16)8-6-12/h5-8,10-11,17H,3-4,9H2,1-2H3,(H,18,19). The number of imidazole rings is 1. The number of aromatic nitrogens is 2. The molecule has 0 saturated carbocycles. The summed E-state index contributed by atoms with van der Waals surface area (Å²) in [6, 6.07) is 9.03. The molecule has 0 spiro atoms. The van der Waals surface area contributed by atoms with Gasteiger partial charge in [-0.25, -0.2) is 4.98 Å². The summed E-state index contributed by atoms with van der Waals surface area (Å²) in [5.74, 6) is 1.07. The van der Waals surface area contributed by atoms with Crippen molar-refractivity contribution in [3.63, 3.8) is 0 Å². The van der Waals surface area contributed by atoms with Crippen molar-refractivity contribution in [2.45, 2.75) is 32.7 Å². The smallest absolute Gasteiger partial charge is 0.106 e. The highest BCUT2D eigenvalue weighted by molar-refractivity contribution is 14.1. The minimum Gasteiger partial charge on any atom is -0.342 e. The zero-order valence-electron chi connectivity index (χ0n) is 11.4. The third kappa shape index (κ3) is 4.62. The summed E-state index contributed by atoms with van der Waals surface area (Å²) in [7, 11) is 0. The molecule has 1 aromatic carbocycles. The molecule has 2 aromatic rings. The van der Waals surface area contributed by atoms with Crippen LogP contribution in [-0.4, -0.2) is 22.6 Å². The second-order valence-corrected chi connectivity index (χ2v) is 6.21. The molecule has 0 fully saturated rings. The van der Waals surface area contributed by atoms with Gasteiger partial charge in [-0.1, -0.05) is 26.0 Å². The number of aromatic amines is 1. The summed E-state index contributed by atoms with van der Waals surface area (Å²) < 4.78 is 1.25. The van der Waals surface area contributed by atoms with Crippen LogP contribution in [0.1, 0.15) is 26.1 Å². The normalized spacial score (nSPS) is 11.2. The van der Waals surface area contributed by atoms with Gasteiger partial charge in [-0.3, -0.25) is 0 Å². The number of rotatable bonds is 6. The average molecular weight is 369 g/mol. The van der Waals surface area contributed by atoms with Crippen LogP contribution in [0.3, 0.4) is 0 Å². The maximum absolute atomic E-state index is 4.45. The monoisotopic (exact) mass is 369 g/mol. The van der Waals surface area contributed by atoms with Gasteiger partial charge in [0.25, 0.3) is 0 Å². The maximum Gasteiger partial charge on any atom is 0.106 e. The van der Waals surface area contributed by atoms with Gasteiger partial charge in [-0.2, -0.15) is 0 Å². The Morgan fingerprint density at radius 1 is 1.26 bits per heavy atom. The summed E-state index contributed by atoms with van der Waals surface area (Å²) in [6.45, 7) is 5.38. The van der Waals surface area contributed by atoms with E-state index in [1.807, 2.05) is 6.20 Å². The van der Waals surface area contributed by atoms with Gasteiger partial charge < -0.3 is 10.3 Å². The van der Waals surface area contributed by atoms with E-state index >= 15 is 0 Å². The van der Waals surface area contributed by atoms with E-state index in [1.165, 1.54) is 9.13 Å². The van der Waals surface area contributed by atoms with E-state index in [0.29, 0.717) is 6.04 Å². The summed E-state index contributed by atoms with van der Waals surface area (Å²) in [4.78, 5) is 7.84. The molecule has 0 bridgehead atoms. The second kappa shape index (κ2) is 7.05. The lowest BCUT2D eigenvalue weighted by Crippen LogP contribution is -2.24. The van der Waals surface area contributed by atoms with Crippen molar-refractivity contribution in [1.29, 1.82) is 0 Å². The SMILES string of the molecule is CC(C)NCCCc1ncc(-c2ccc(I)cc2)[nH]1. The van der Waals surface area contributed by atoms with E-state index in [4.69, 9.17) is 0 Å². The number of hydrogen-bond donors (Lipinski definition) is 2. The zero-order chi connectivity index (χ0) is 13.7. The van der Waals surface area contributed by atoms with Gasteiger partial charge in [-0.15, -0.1) is 0 Å². The molecule has 2 rings (SSSR count). The Bertz CT molecular complexity index is 502. The van der Waals surface area contributed by atoms with E-state index in [1.54, 1.807) is 0 Å². The minimum atomic E-state index is 0.555. The molecule has 0 amide bonds.